The number of fused-ring (bicyclic) bond motifs is 2. The van der Waals surface area contributed by atoms with Gasteiger partial charge in [-0.05, 0) is 75.3 Å². The van der Waals surface area contributed by atoms with E-state index in [4.69, 9.17) is 4.74 Å². The molecule has 6 heteroatoms. The van der Waals surface area contributed by atoms with Gasteiger partial charge in [0, 0.05) is 55.4 Å². The molecule has 0 radical (unpaired) electrons. The third-order valence-corrected chi connectivity index (χ3v) is 6.84. The number of carbonyl (C=O) groups is 1. The maximum absolute atomic E-state index is 13.6. The maximum atomic E-state index is 13.6. The van der Waals surface area contributed by atoms with Crippen molar-refractivity contribution in [3.8, 4) is 0 Å². The number of anilines is 1. The average Bonchev–Trinajstić information content (AvgIpc) is 2.81. The fourth-order valence-corrected chi connectivity index (χ4v) is 5.13. The Morgan fingerprint density at radius 1 is 1.15 bits per heavy atom. The highest BCUT2D eigenvalue weighted by Crippen LogP contribution is 2.30. The van der Waals surface area contributed by atoms with Gasteiger partial charge in [0.15, 0.2) is 0 Å². The molecule has 0 aliphatic carbocycles. The van der Waals surface area contributed by atoms with Crippen LogP contribution in [0.4, 0.5) is 5.69 Å². The van der Waals surface area contributed by atoms with Crippen LogP contribution in [0.15, 0.2) is 41.2 Å². The molecular weight excluding hydrogens is 414 g/mol. The number of hydrogen-bond donors (Lipinski definition) is 1. The van der Waals surface area contributed by atoms with Gasteiger partial charge in [-0.25, -0.2) is 0 Å². The number of aromatic nitrogens is 1. The van der Waals surface area contributed by atoms with E-state index in [-0.39, 0.29) is 11.5 Å². The van der Waals surface area contributed by atoms with E-state index >= 15 is 0 Å². The molecule has 2 aromatic rings. The number of H-pyrrole nitrogens is 1. The second-order valence-corrected chi connectivity index (χ2v) is 9.09. The standard InChI is InChI=1S/C27H35N3O3/c1-4-30(21-13-15-33-16-14-21)25-12-8-11-23-22(25)10-7-5-6-9-20-17-19(2)28-26(31)24(20)18-29(3)27(23)32/h5,7-8,11-12,17,21H,4,6,9-10,13-16,18H2,1-3H3,(H,28,31)/b7-5-. The van der Waals surface area contributed by atoms with Gasteiger partial charge < -0.3 is 19.5 Å². The van der Waals surface area contributed by atoms with Gasteiger partial charge in [-0.2, -0.15) is 0 Å². The summed E-state index contributed by atoms with van der Waals surface area (Å²) in [4.78, 5) is 33.4. The largest absolute Gasteiger partial charge is 0.381 e. The third-order valence-electron chi connectivity index (χ3n) is 6.84. The van der Waals surface area contributed by atoms with Gasteiger partial charge in [-0.1, -0.05) is 18.2 Å². The molecule has 6 nitrogen and oxygen atoms in total. The van der Waals surface area contributed by atoms with Crippen molar-refractivity contribution in [2.24, 2.45) is 0 Å². The molecule has 1 fully saturated rings. The van der Waals surface area contributed by atoms with E-state index < -0.39 is 0 Å². The van der Waals surface area contributed by atoms with E-state index in [0.29, 0.717) is 24.6 Å². The highest BCUT2D eigenvalue weighted by atomic mass is 16.5. The van der Waals surface area contributed by atoms with Gasteiger partial charge in [-0.3, -0.25) is 9.59 Å². The minimum Gasteiger partial charge on any atom is -0.381 e. The molecule has 0 spiro atoms. The van der Waals surface area contributed by atoms with Crippen LogP contribution < -0.4 is 10.5 Å². The normalized spacial score (nSPS) is 18.6. The van der Waals surface area contributed by atoms with Crippen LogP contribution in [0.5, 0.6) is 0 Å². The van der Waals surface area contributed by atoms with Crippen molar-refractivity contribution in [3.05, 3.63) is 74.7 Å². The minimum absolute atomic E-state index is 0.0465. The van der Waals surface area contributed by atoms with E-state index in [1.807, 2.05) is 25.1 Å². The topological polar surface area (TPSA) is 65.6 Å². The Kier molecular flexibility index (Phi) is 7.33. The fourth-order valence-electron chi connectivity index (χ4n) is 5.13. The van der Waals surface area contributed by atoms with Crippen molar-refractivity contribution < 1.29 is 9.53 Å². The van der Waals surface area contributed by atoms with Gasteiger partial charge in [0.25, 0.3) is 11.5 Å². The van der Waals surface area contributed by atoms with Crippen LogP contribution in [0, 0.1) is 6.92 Å². The SMILES string of the molecule is CCN(c1cccc2c1C/C=C\CCc1cc(C)[nH]c(=O)c1CN(C)C2=O)C1CCOCC1. The van der Waals surface area contributed by atoms with Crippen molar-refractivity contribution in [3.63, 3.8) is 0 Å². The van der Waals surface area contributed by atoms with Gasteiger partial charge >= 0.3 is 0 Å². The van der Waals surface area contributed by atoms with Crippen molar-refractivity contribution in [2.45, 2.75) is 58.5 Å². The minimum atomic E-state index is -0.101. The van der Waals surface area contributed by atoms with Crippen molar-refractivity contribution in [1.29, 1.82) is 0 Å². The molecule has 0 atom stereocenters. The molecule has 2 aliphatic rings. The van der Waals surface area contributed by atoms with Gasteiger partial charge in [-0.15, -0.1) is 0 Å². The Hall–Kier alpha value is -2.86. The zero-order valence-corrected chi connectivity index (χ0v) is 20.0. The summed E-state index contributed by atoms with van der Waals surface area (Å²) in [5.41, 5.74) is 5.38. The first-order valence-corrected chi connectivity index (χ1v) is 12.1. The molecule has 1 saturated heterocycles. The molecule has 176 valence electrons. The number of rotatable bonds is 3. The summed E-state index contributed by atoms with van der Waals surface area (Å²) < 4.78 is 5.59. The summed E-state index contributed by atoms with van der Waals surface area (Å²) >= 11 is 0. The molecule has 0 bridgehead atoms. The van der Waals surface area contributed by atoms with Crippen LogP contribution >= 0.6 is 0 Å². The lowest BCUT2D eigenvalue weighted by Gasteiger charge is -2.37. The van der Waals surface area contributed by atoms with Crippen LogP contribution in [-0.4, -0.2) is 48.6 Å². The molecule has 2 aliphatic heterocycles. The highest BCUT2D eigenvalue weighted by Gasteiger charge is 2.26. The Morgan fingerprint density at radius 3 is 2.70 bits per heavy atom. The number of hydrogen-bond acceptors (Lipinski definition) is 4. The second kappa shape index (κ2) is 10.4. The predicted octanol–water partition coefficient (Wildman–Crippen LogP) is 4.01. The number of ether oxygens (including phenoxy) is 1. The van der Waals surface area contributed by atoms with Crippen LogP contribution in [-0.2, 0) is 24.1 Å². The third kappa shape index (κ3) is 5.06. The lowest BCUT2D eigenvalue weighted by atomic mass is 9.96. The molecule has 3 heterocycles. The number of nitrogens with zero attached hydrogens (tertiary/aromatic N) is 2. The smallest absolute Gasteiger partial charge is 0.254 e. The van der Waals surface area contributed by atoms with E-state index in [1.54, 1.807) is 11.9 Å². The van der Waals surface area contributed by atoms with Gasteiger partial charge in [0.2, 0.25) is 0 Å². The Labute approximate surface area is 196 Å². The maximum Gasteiger partial charge on any atom is 0.254 e. The second-order valence-electron chi connectivity index (χ2n) is 9.09. The number of allylic oxidation sites excluding steroid dienone is 2. The Balaban J connectivity index is 1.75. The molecule has 33 heavy (non-hydrogen) atoms. The zero-order chi connectivity index (χ0) is 23.4. The molecule has 0 unspecified atom stereocenters. The van der Waals surface area contributed by atoms with E-state index in [0.717, 1.165) is 73.5 Å². The lowest BCUT2D eigenvalue weighted by Crippen LogP contribution is -2.40. The van der Waals surface area contributed by atoms with E-state index in [9.17, 15) is 9.59 Å². The molecule has 1 N–H and O–H groups in total. The molecule has 1 aromatic carbocycles. The molecule has 1 amide bonds. The number of pyridine rings is 1. The number of benzene rings is 1. The van der Waals surface area contributed by atoms with Crippen LogP contribution in [0.2, 0.25) is 0 Å². The molecule has 1 aromatic heterocycles. The summed E-state index contributed by atoms with van der Waals surface area (Å²) in [5, 5.41) is 0. The first-order chi connectivity index (χ1) is 16.0. The van der Waals surface area contributed by atoms with Crippen LogP contribution in [0.1, 0.15) is 58.9 Å². The van der Waals surface area contributed by atoms with Crippen molar-refractivity contribution >= 4 is 11.6 Å². The predicted molar refractivity (Wildman–Crippen MR) is 132 cm³/mol. The summed E-state index contributed by atoms with van der Waals surface area (Å²) in [6, 6.07) is 8.51. The van der Waals surface area contributed by atoms with Crippen LogP contribution in [0.3, 0.4) is 0 Å². The quantitative estimate of drug-likeness (QED) is 0.720. The number of aryl methyl sites for hydroxylation is 2. The van der Waals surface area contributed by atoms with E-state index in [1.165, 1.54) is 0 Å². The van der Waals surface area contributed by atoms with E-state index in [2.05, 4.69) is 35.0 Å². The number of amides is 1. The zero-order valence-electron chi connectivity index (χ0n) is 20.0. The number of carbonyl (C=O) groups excluding carboxylic acids is 1. The summed E-state index contributed by atoms with van der Waals surface area (Å²) in [7, 11) is 1.79. The van der Waals surface area contributed by atoms with Gasteiger partial charge in [0.1, 0.15) is 0 Å². The highest BCUT2D eigenvalue weighted by molar-refractivity contribution is 5.97. The van der Waals surface area contributed by atoms with Crippen LogP contribution in [0.25, 0.3) is 0 Å². The summed E-state index contributed by atoms with van der Waals surface area (Å²) in [5.74, 6) is -0.0465. The number of aromatic amines is 1. The average molecular weight is 450 g/mol. The molecular formula is C27H35N3O3. The lowest BCUT2D eigenvalue weighted by molar-refractivity contribution is 0.0782. The van der Waals surface area contributed by atoms with Gasteiger partial charge in [0.05, 0.1) is 6.54 Å². The Morgan fingerprint density at radius 2 is 1.94 bits per heavy atom. The first kappa shape index (κ1) is 23.3. The van der Waals surface area contributed by atoms with Crippen molar-refractivity contribution in [1.82, 2.24) is 9.88 Å². The monoisotopic (exact) mass is 449 g/mol. The Bertz CT molecular complexity index is 1080. The number of nitrogens with one attached hydrogen (secondary N) is 1. The fraction of sp³-hybridized carbons (Fsp3) is 0.481. The molecule has 0 saturated carbocycles. The first-order valence-electron chi connectivity index (χ1n) is 12.1. The molecule has 4 rings (SSSR count). The summed E-state index contributed by atoms with van der Waals surface area (Å²) in [6.45, 7) is 6.83. The van der Waals surface area contributed by atoms with Crippen molar-refractivity contribution in [2.75, 3.05) is 31.7 Å². The summed E-state index contributed by atoms with van der Waals surface area (Å²) in [6.07, 6.45) is 8.72.